The standard InChI is InChI=1S/C22H27N3O/c26-21(23-20-11-12-20)17-24-13-15-25(16-14-24)22(18-7-3-1-4-8-18)19-9-5-2-6-10-19/h1-10,20,22H,11-17H2,(H,23,26). The molecule has 1 saturated heterocycles. The normalized spacial score (nSPS) is 18.8. The van der Waals surface area contributed by atoms with Gasteiger partial charge in [-0.3, -0.25) is 14.6 Å². The molecule has 1 heterocycles. The molecule has 2 aromatic rings. The van der Waals surface area contributed by atoms with E-state index in [2.05, 4.69) is 75.8 Å². The summed E-state index contributed by atoms with van der Waals surface area (Å²) in [5, 5.41) is 3.09. The summed E-state index contributed by atoms with van der Waals surface area (Å²) in [6, 6.07) is 22.2. The molecular weight excluding hydrogens is 322 g/mol. The fourth-order valence-electron chi connectivity index (χ4n) is 3.77. The van der Waals surface area contributed by atoms with Gasteiger partial charge in [0, 0.05) is 32.2 Å². The molecular formula is C22H27N3O. The zero-order valence-corrected chi connectivity index (χ0v) is 15.2. The molecule has 2 aromatic carbocycles. The van der Waals surface area contributed by atoms with Gasteiger partial charge in [-0.25, -0.2) is 0 Å². The zero-order valence-electron chi connectivity index (χ0n) is 15.2. The summed E-state index contributed by atoms with van der Waals surface area (Å²) in [5.74, 6) is 0.184. The molecule has 1 aliphatic heterocycles. The third kappa shape index (κ3) is 4.32. The van der Waals surface area contributed by atoms with E-state index in [1.807, 2.05) is 0 Å². The van der Waals surface area contributed by atoms with Crippen molar-refractivity contribution in [2.45, 2.75) is 24.9 Å². The first-order valence-electron chi connectivity index (χ1n) is 9.65. The molecule has 0 radical (unpaired) electrons. The van der Waals surface area contributed by atoms with Crippen LogP contribution in [-0.4, -0.2) is 54.5 Å². The summed E-state index contributed by atoms with van der Waals surface area (Å²) in [6.45, 7) is 4.37. The number of carbonyl (C=O) groups excluding carboxylic acids is 1. The van der Waals surface area contributed by atoms with Gasteiger partial charge < -0.3 is 5.32 Å². The van der Waals surface area contributed by atoms with Crippen molar-refractivity contribution in [3.8, 4) is 0 Å². The maximum absolute atomic E-state index is 12.1. The Morgan fingerprint density at radius 1 is 0.885 bits per heavy atom. The summed E-state index contributed by atoms with van der Waals surface area (Å²) in [5.41, 5.74) is 2.66. The monoisotopic (exact) mass is 349 g/mol. The molecule has 4 nitrogen and oxygen atoms in total. The number of carbonyl (C=O) groups is 1. The number of piperazine rings is 1. The van der Waals surface area contributed by atoms with Crippen molar-refractivity contribution < 1.29 is 4.79 Å². The van der Waals surface area contributed by atoms with Gasteiger partial charge in [-0.05, 0) is 24.0 Å². The van der Waals surface area contributed by atoms with Gasteiger partial charge in [0.05, 0.1) is 12.6 Å². The van der Waals surface area contributed by atoms with Crippen LogP contribution >= 0.6 is 0 Å². The lowest BCUT2D eigenvalue weighted by atomic mass is 9.96. The van der Waals surface area contributed by atoms with Gasteiger partial charge in [0.2, 0.25) is 5.91 Å². The average Bonchev–Trinajstić information content (AvgIpc) is 3.49. The summed E-state index contributed by atoms with van der Waals surface area (Å²) in [6.07, 6.45) is 2.30. The van der Waals surface area contributed by atoms with Gasteiger partial charge in [-0.15, -0.1) is 0 Å². The number of rotatable bonds is 6. The van der Waals surface area contributed by atoms with Gasteiger partial charge in [-0.1, -0.05) is 60.7 Å². The first kappa shape index (κ1) is 17.3. The van der Waals surface area contributed by atoms with E-state index >= 15 is 0 Å². The summed E-state index contributed by atoms with van der Waals surface area (Å²) < 4.78 is 0. The SMILES string of the molecule is O=C(CN1CCN(C(c2ccccc2)c2ccccc2)CC1)NC1CC1. The summed E-state index contributed by atoms with van der Waals surface area (Å²) >= 11 is 0. The molecule has 1 aliphatic carbocycles. The Morgan fingerprint density at radius 3 is 1.92 bits per heavy atom. The van der Waals surface area contributed by atoms with E-state index in [1.54, 1.807) is 0 Å². The highest BCUT2D eigenvalue weighted by molar-refractivity contribution is 5.78. The number of hydrogen-bond donors (Lipinski definition) is 1. The number of benzene rings is 2. The third-order valence-electron chi connectivity index (χ3n) is 5.31. The number of amides is 1. The molecule has 0 spiro atoms. The fourth-order valence-corrected chi connectivity index (χ4v) is 3.77. The van der Waals surface area contributed by atoms with E-state index in [9.17, 15) is 4.79 Å². The van der Waals surface area contributed by atoms with Gasteiger partial charge in [0.25, 0.3) is 0 Å². The lowest BCUT2D eigenvalue weighted by molar-refractivity contribution is -0.122. The van der Waals surface area contributed by atoms with Crippen LogP contribution in [0.4, 0.5) is 0 Å². The predicted molar refractivity (Wildman–Crippen MR) is 104 cm³/mol. The molecule has 0 unspecified atom stereocenters. The maximum Gasteiger partial charge on any atom is 0.234 e. The molecule has 0 atom stereocenters. The molecule has 1 saturated carbocycles. The Morgan fingerprint density at radius 2 is 1.42 bits per heavy atom. The van der Waals surface area contributed by atoms with Crippen molar-refractivity contribution in [2.24, 2.45) is 0 Å². The smallest absolute Gasteiger partial charge is 0.234 e. The van der Waals surface area contributed by atoms with Crippen LogP contribution in [0.2, 0.25) is 0 Å². The van der Waals surface area contributed by atoms with Crippen LogP contribution in [0.15, 0.2) is 60.7 Å². The van der Waals surface area contributed by atoms with Crippen LogP contribution in [-0.2, 0) is 4.79 Å². The van der Waals surface area contributed by atoms with Crippen molar-refractivity contribution in [3.05, 3.63) is 71.8 Å². The van der Waals surface area contributed by atoms with Crippen molar-refractivity contribution in [3.63, 3.8) is 0 Å². The van der Waals surface area contributed by atoms with E-state index in [-0.39, 0.29) is 11.9 Å². The number of nitrogens with zero attached hydrogens (tertiary/aromatic N) is 2. The van der Waals surface area contributed by atoms with Crippen LogP contribution in [0.5, 0.6) is 0 Å². The van der Waals surface area contributed by atoms with Gasteiger partial charge in [0.15, 0.2) is 0 Å². The van der Waals surface area contributed by atoms with Gasteiger partial charge >= 0.3 is 0 Å². The minimum absolute atomic E-state index is 0.184. The molecule has 0 aromatic heterocycles. The highest BCUT2D eigenvalue weighted by Gasteiger charge is 2.28. The predicted octanol–water partition coefficient (Wildman–Crippen LogP) is 2.67. The lowest BCUT2D eigenvalue weighted by Gasteiger charge is -2.39. The Hall–Kier alpha value is -2.17. The second-order valence-electron chi connectivity index (χ2n) is 7.38. The van der Waals surface area contributed by atoms with Crippen LogP contribution in [0.3, 0.4) is 0 Å². The number of hydrogen-bond acceptors (Lipinski definition) is 3. The highest BCUT2D eigenvalue weighted by atomic mass is 16.2. The molecule has 4 heteroatoms. The first-order valence-corrected chi connectivity index (χ1v) is 9.65. The van der Waals surface area contributed by atoms with E-state index in [1.165, 1.54) is 11.1 Å². The van der Waals surface area contributed by atoms with Crippen LogP contribution in [0, 0.1) is 0 Å². The Labute approximate surface area is 155 Å². The largest absolute Gasteiger partial charge is 0.352 e. The molecule has 1 N–H and O–H groups in total. The lowest BCUT2D eigenvalue weighted by Crippen LogP contribution is -2.50. The maximum atomic E-state index is 12.1. The first-order chi connectivity index (χ1) is 12.8. The van der Waals surface area contributed by atoms with Crippen LogP contribution in [0.25, 0.3) is 0 Å². The highest BCUT2D eigenvalue weighted by Crippen LogP contribution is 2.29. The van der Waals surface area contributed by atoms with E-state index < -0.39 is 0 Å². The Bertz CT molecular complexity index is 667. The third-order valence-corrected chi connectivity index (χ3v) is 5.31. The number of nitrogens with one attached hydrogen (secondary N) is 1. The van der Waals surface area contributed by atoms with E-state index in [0.717, 1.165) is 39.0 Å². The van der Waals surface area contributed by atoms with Gasteiger partial charge in [-0.2, -0.15) is 0 Å². The molecule has 2 fully saturated rings. The summed E-state index contributed by atoms with van der Waals surface area (Å²) in [7, 11) is 0. The molecule has 1 amide bonds. The average molecular weight is 349 g/mol. The van der Waals surface area contributed by atoms with Crippen LogP contribution in [0.1, 0.15) is 30.0 Å². The summed E-state index contributed by atoms with van der Waals surface area (Å²) in [4.78, 5) is 16.9. The van der Waals surface area contributed by atoms with Crippen molar-refractivity contribution in [1.82, 2.24) is 15.1 Å². The molecule has 0 bridgehead atoms. The second kappa shape index (κ2) is 8.02. The van der Waals surface area contributed by atoms with Crippen LogP contribution < -0.4 is 5.32 Å². The van der Waals surface area contributed by atoms with Gasteiger partial charge in [0.1, 0.15) is 0 Å². The topological polar surface area (TPSA) is 35.6 Å². The second-order valence-corrected chi connectivity index (χ2v) is 7.38. The molecule has 26 heavy (non-hydrogen) atoms. The van der Waals surface area contributed by atoms with Crippen molar-refractivity contribution >= 4 is 5.91 Å². The minimum atomic E-state index is 0.184. The molecule has 4 rings (SSSR count). The van der Waals surface area contributed by atoms with Crippen molar-refractivity contribution in [1.29, 1.82) is 0 Å². The zero-order chi connectivity index (χ0) is 17.8. The Balaban J connectivity index is 1.42. The fraction of sp³-hybridized carbons (Fsp3) is 0.409. The minimum Gasteiger partial charge on any atom is -0.352 e. The van der Waals surface area contributed by atoms with E-state index in [4.69, 9.17) is 0 Å². The Kier molecular flexibility index (Phi) is 5.32. The molecule has 136 valence electrons. The van der Waals surface area contributed by atoms with E-state index in [0.29, 0.717) is 12.6 Å². The van der Waals surface area contributed by atoms with Crippen molar-refractivity contribution in [2.75, 3.05) is 32.7 Å². The quantitative estimate of drug-likeness (QED) is 0.871. The molecule has 2 aliphatic rings.